The van der Waals surface area contributed by atoms with Crippen molar-refractivity contribution in [2.45, 2.75) is 19.5 Å². The summed E-state index contributed by atoms with van der Waals surface area (Å²) in [6.07, 6.45) is -4.75. The molecular weight excluding hydrogens is 367 g/mol. The number of rotatable bonds is 7. The van der Waals surface area contributed by atoms with E-state index >= 15 is 0 Å². The van der Waals surface area contributed by atoms with Gasteiger partial charge in [0, 0.05) is 12.1 Å². The molecule has 0 atom stereocenters. The van der Waals surface area contributed by atoms with Crippen LogP contribution in [0.15, 0.2) is 53.1 Å². The molecule has 0 saturated heterocycles. The summed E-state index contributed by atoms with van der Waals surface area (Å²) in [5.41, 5.74) is 3.38. The van der Waals surface area contributed by atoms with E-state index in [0.717, 1.165) is 17.7 Å². The van der Waals surface area contributed by atoms with Gasteiger partial charge in [-0.2, -0.15) is 4.98 Å². The van der Waals surface area contributed by atoms with Crippen LogP contribution >= 0.6 is 0 Å². The van der Waals surface area contributed by atoms with Crippen molar-refractivity contribution >= 4 is 0 Å². The van der Waals surface area contributed by atoms with Crippen LogP contribution in [0, 0.1) is 0 Å². The summed E-state index contributed by atoms with van der Waals surface area (Å²) in [4.78, 5) is 4.14. The summed E-state index contributed by atoms with van der Waals surface area (Å²) in [6.45, 7) is 0.373. The Bertz CT molecular complexity index is 864. The number of benzene rings is 2. The zero-order chi connectivity index (χ0) is 19.3. The second-order valence-electron chi connectivity index (χ2n) is 5.36. The van der Waals surface area contributed by atoms with E-state index in [2.05, 4.69) is 20.4 Å². The molecule has 0 unspecified atom stereocenters. The van der Waals surface area contributed by atoms with Gasteiger partial charge in [-0.1, -0.05) is 17.3 Å². The molecule has 3 rings (SSSR count). The number of hydroxylamine groups is 1. The van der Waals surface area contributed by atoms with Gasteiger partial charge in [-0.15, -0.1) is 13.2 Å². The van der Waals surface area contributed by atoms with Crippen molar-refractivity contribution in [2.24, 2.45) is 0 Å². The van der Waals surface area contributed by atoms with Crippen molar-refractivity contribution in [3.05, 3.63) is 59.9 Å². The first-order chi connectivity index (χ1) is 12.9. The third kappa shape index (κ3) is 5.43. The van der Waals surface area contributed by atoms with Gasteiger partial charge >= 0.3 is 6.36 Å². The Kier molecular flexibility index (Phi) is 5.57. The van der Waals surface area contributed by atoms with E-state index < -0.39 is 6.36 Å². The van der Waals surface area contributed by atoms with E-state index in [-0.39, 0.29) is 24.1 Å². The first kappa shape index (κ1) is 18.7. The fraction of sp³-hybridized carbons (Fsp3) is 0.176. The van der Waals surface area contributed by atoms with E-state index in [4.69, 9.17) is 14.5 Å². The summed E-state index contributed by atoms with van der Waals surface area (Å²) >= 11 is 0. The minimum atomic E-state index is -4.75. The van der Waals surface area contributed by atoms with E-state index in [0.29, 0.717) is 17.9 Å². The predicted octanol–water partition coefficient (Wildman–Crippen LogP) is 3.69. The number of alkyl halides is 3. The fourth-order valence-corrected chi connectivity index (χ4v) is 2.17. The largest absolute Gasteiger partial charge is 0.573 e. The Morgan fingerprint density at radius 1 is 1.00 bits per heavy atom. The summed E-state index contributed by atoms with van der Waals surface area (Å²) in [5, 5.41) is 12.4. The molecule has 27 heavy (non-hydrogen) atoms. The van der Waals surface area contributed by atoms with Crippen molar-refractivity contribution in [3.63, 3.8) is 0 Å². The highest BCUT2D eigenvalue weighted by molar-refractivity contribution is 5.54. The molecule has 7 nitrogen and oxygen atoms in total. The van der Waals surface area contributed by atoms with Crippen molar-refractivity contribution in [3.8, 4) is 23.0 Å². The second kappa shape index (κ2) is 8.06. The van der Waals surface area contributed by atoms with Gasteiger partial charge in [0.05, 0.1) is 0 Å². The van der Waals surface area contributed by atoms with Gasteiger partial charge in [-0.05, 0) is 42.0 Å². The molecule has 3 aromatic rings. The monoisotopic (exact) mass is 381 g/mol. The molecule has 0 radical (unpaired) electrons. The lowest BCUT2D eigenvalue weighted by Gasteiger charge is -2.08. The molecule has 0 fully saturated rings. The summed E-state index contributed by atoms with van der Waals surface area (Å²) in [6, 6.07) is 12.1. The predicted molar refractivity (Wildman–Crippen MR) is 85.8 cm³/mol. The Balaban J connectivity index is 1.59. The van der Waals surface area contributed by atoms with Crippen LogP contribution in [0.5, 0.6) is 11.5 Å². The molecule has 0 aliphatic rings. The first-order valence-corrected chi connectivity index (χ1v) is 7.70. The summed E-state index contributed by atoms with van der Waals surface area (Å²) in [7, 11) is 0. The lowest BCUT2D eigenvalue weighted by Crippen LogP contribution is -2.16. The molecule has 10 heteroatoms. The summed E-state index contributed by atoms with van der Waals surface area (Å²) in [5.74, 6) is 0.670. The molecule has 0 spiro atoms. The molecule has 0 saturated carbocycles. The topological polar surface area (TPSA) is 89.6 Å². The standard InChI is InChI=1S/C17H14F3N3O4/c18-17(19,20)26-14-7-3-12(4-8-14)16-22-15(23-27-16)10-25-13-5-1-11(2-6-13)9-21-24/h1-8,21,24H,9-10H2. The Hall–Kier alpha value is -3.11. The van der Waals surface area contributed by atoms with Gasteiger partial charge < -0.3 is 19.2 Å². The van der Waals surface area contributed by atoms with Gasteiger partial charge in [0.1, 0.15) is 11.5 Å². The van der Waals surface area contributed by atoms with Crippen molar-refractivity contribution in [2.75, 3.05) is 0 Å². The smallest absolute Gasteiger partial charge is 0.485 e. The van der Waals surface area contributed by atoms with Crippen molar-refractivity contribution < 1.29 is 32.4 Å². The number of ether oxygens (including phenoxy) is 2. The minimum Gasteiger partial charge on any atom is -0.485 e. The van der Waals surface area contributed by atoms with Crippen LogP contribution in [0.4, 0.5) is 13.2 Å². The molecule has 1 heterocycles. The minimum absolute atomic E-state index is 0.0519. The number of nitrogens with one attached hydrogen (secondary N) is 1. The normalized spacial score (nSPS) is 11.4. The Morgan fingerprint density at radius 3 is 2.30 bits per heavy atom. The van der Waals surface area contributed by atoms with E-state index in [1.165, 1.54) is 12.1 Å². The number of nitrogens with zero attached hydrogens (tertiary/aromatic N) is 2. The Morgan fingerprint density at radius 2 is 1.67 bits per heavy atom. The molecule has 0 bridgehead atoms. The van der Waals surface area contributed by atoms with Crippen LogP contribution < -0.4 is 15.0 Å². The molecular formula is C17H14F3N3O4. The van der Waals surface area contributed by atoms with Crippen LogP contribution in [0.25, 0.3) is 11.5 Å². The average Bonchev–Trinajstić information content (AvgIpc) is 3.10. The van der Waals surface area contributed by atoms with Crippen LogP contribution in [0.1, 0.15) is 11.4 Å². The van der Waals surface area contributed by atoms with Gasteiger partial charge in [0.25, 0.3) is 5.89 Å². The maximum atomic E-state index is 12.2. The van der Waals surface area contributed by atoms with Crippen LogP contribution in [-0.2, 0) is 13.2 Å². The van der Waals surface area contributed by atoms with Crippen molar-refractivity contribution in [1.82, 2.24) is 15.6 Å². The zero-order valence-corrected chi connectivity index (χ0v) is 13.7. The maximum absolute atomic E-state index is 12.2. The molecule has 2 N–H and O–H groups in total. The highest BCUT2D eigenvalue weighted by atomic mass is 19.4. The molecule has 2 aromatic carbocycles. The molecule has 0 aliphatic heterocycles. The highest BCUT2D eigenvalue weighted by Crippen LogP contribution is 2.26. The maximum Gasteiger partial charge on any atom is 0.573 e. The lowest BCUT2D eigenvalue weighted by molar-refractivity contribution is -0.274. The molecule has 1 aromatic heterocycles. The third-order valence-corrected chi connectivity index (χ3v) is 3.38. The van der Waals surface area contributed by atoms with Crippen molar-refractivity contribution in [1.29, 1.82) is 0 Å². The molecule has 0 amide bonds. The van der Waals surface area contributed by atoms with E-state index in [9.17, 15) is 13.2 Å². The number of aromatic nitrogens is 2. The third-order valence-electron chi connectivity index (χ3n) is 3.38. The number of hydrogen-bond donors (Lipinski definition) is 2. The first-order valence-electron chi connectivity index (χ1n) is 7.70. The second-order valence-corrected chi connectivity index (χ2v) is 5.36. The van der Waals surface area contributed by atoms with Crippen LogP contribution in [-0.4, -0.2) is 21.7 Å². The van der Waals surface area contributed by atoms with E-state index in [1.54, 1.807) is 24.3 Å². The number of halogens is 3. The fourth-order valence-electron chi connectivity index (χ4n) is 2.17. The van der Waals surface area contributed by atoms with Crippen LogP contribution in [0.3, 0.4) is 0 Å². The zero-order valence-electron chi connectivity index (χ0n) is 13.7. The van der Waals surface area contributed by atoms with Gasteiger partial charge in [-0.3, -0.25) is 0 Å². The van der Waals surface area contributed by atoms with Gasteiger partial charge in [-0.25, -0.2) is 5.48 Å². The van der Waals surface area contributed by atoms with Gasteiger partial charge in [0.15, 0.2) is 6.61 Å². The molecule has 0 aliphatic carbocycles. The van der Waals surface area contributed by atoms with Crippen LogP contribution in [0.2, 0.25) is 0 Å². The lowest BCUT2D eigenvalue weighted by atomic mass is 10.2. The number of hydrogen-bond acceptors (Lipinski definition) is 7. The average molecular weight is 381 g/mol. The van der Waals surface area contributed by atoms with Gasteiger partial charge in [0.2, 0.25) is 5.82 Å². The summed E-state index contributed by atoms with van der Waals surface area (Å²) < 4.78 is 50.9. The molecule has 142 valence electrons. The highest BCUT2D eigenvalue weighted by Gasteiger charge is 2.31. The van der Waals surface area contributed by atoms with E-state index in [1.807, 2.05) is 0 Å². The SMILES string of the molecule is ONCc1ccc(OCc2noc(-c3ccc(OC(F)(F)F)cc3)n2)cc1. The Labute approximate surface area is 151 Å². The quantitative estimate of drug-likeness (QED) is 0.603.